The lowest BCUT2D eigenvalue weighted by Gasteiger charge is -1.92. The van der Waals surface area contributed by atoms with Crippen molar-refractivity contribution >= 4 is 11.3 Å². The van der Waals surface area contributed by atoms with Gasteiger partial charge in [-0.3, -0.25) is 4.98 Å². The number of hydrogen-bond donors (Lipinski definition) is 0. The van der Waals surface area contributed by atoms with Crippen molar-refractivity contribution in [2.24, 2.45) is 0 Å². The van der Waals surface area contributed by atoms with Gasteiger partial charge in [0.25, 0.3) is 0 Å². The van der Waals surface area contributed by atoms with Crippen LogP contribution in [0, 0.1) is 0 Å². The number of nitrogens with zero attached hydrogens (tertiary/aromatic N) is 2. The van der Waals surface area contributed by atoms with Gasteiger partial charge in [-0.15, -0.1) is 11.3 Å². The fraction of sp³-hybridized carbons (Fsp3) is 0.200. The molecule has 2 nitrogen and oxygen atoms in total. The van der Waals surface area contributed by atoms with Crippen LogP contribution in [0.2, 0.25) is 0 Å². The molecule has 66 valence electrons. The van der Waals surface area contributed by atoms with E-state index in [0.717, 1.165) is 22.7 Å². The minimum absolute atomic E-state index is 0.997. The second-order valence-electron chi connectivity index (χ2n) is 2.74. The van der Waals surface area contributed by atoms with Crippen molar-refractivity contribution in [3.8, 4) is 10.6 Å². The smallest absolute Gasteiger partial charge is 0.125 e. The third-order valence-corrected chi connectivity index (χ3v) is 2.76. The van der Waals surface area contributed by atoms with Gasteiger partial charge in [0, 0.05) is 23.3 Å². The van der Waals surface area contributed by atoms with E-state index >= 15 is 0 Å². The van der Waals surface area contributed by atoms with Crippen LogP contribution in [0.1, 0.15) is 12.6 Å². The first-order valence-electron chi connectivity index (χ1n) is 4.25. The summed E-state index contributed by atoms with van der Waals surface area (Å²) in [7, 11) is 0. The zero-order valence-electron chi connectivity index (χ0n) is 7.40. The minimum atomic E-state index is 0.997. The van der Waals surface area contributed by atoms with Gasteiger partial charge in [-0.2, -0.15) is 0 Å². The Labute approximate surface area is 81.3 Å². The highest BCUT2D eigenvalue weighted by molar-refractivity contribution is 7.13. The van der Waals surface area contributed by atoms with Crippen molar-refractivity contribution in [3.05, 3.63) is 35.6 Å². The molecular weight excluding hydrogens is 180 g/mol. The quantitative estimate of drug-likeness (QED) is 0.727. The molecule has 2 aromatic heterocycles. The molecule has 0 amide bonds. The summed E-state index contributed by atoms with van der Waals surface area (Å²) in [6, 6.07) is 3.97. The summed E-state index contributed by atoms with van der Waals surface area (Å²) >= 11 is 1.68. The van der Waals surface area contributed by atoms with E-state index in [1.54, 1.807) is 17.5 Å². The highest BCUT2D eigenvalue weighted by Gasteiger charge is 2.02. The third kappa shape index (κ3) is 1.75. The van der Waals surface area contributed by atoms with Gasteiger partial charge >= 0.3 is 0 Å². The van der Waals surface area contributed by atoms with E-state index in [-0.39, 0.29) is 0 Å². The average Bonchev–Trinajstić information content (AvgIpc) is 2.67. The molecule has 0 aliphatic carbocycles. The molecule has 0 spiro atoms. The summed E-state index contributed by atoms with van der Waals surface area (Å²) < 4.78 is 0. The summed E-state index contributed by atoms with van der Waals surface area (Å²) in [5.41, 5.74) is 2.26. The molecule has 0 saturated heterocycles. The van der Waals surface area contributed by atoms with E-state index in [2.05, 4.69) is 22.3 Å². The van der Waals surface area contributed by atoms with Gasteiger partial charge in [0.05, 0.1) is 5.69 Å². The monoisotopic (exact) mass is 190 g/mol. The summed E-state index contributed by atoms with van der Waals surface area (Å²) in [6.07, 6.45) is 4.62. The molecular formula is C10H10N2S. The van der Waals surface area contributed by atoms with Crippen molar-refractivity contribution in [2.45, 2.75) is 13.3 Å². The zero-order valence-corrected chi connectivity index (χ0v) is 8.21. The maximum atomic E-state index is 4.48. The van der Waals surface area contributed by atoms with Gasteiger partial charge in [-0.25, -0.2) is 4.98 Å². The summed E-state index contributed by atoms with van der Waals surface area (Å²) in [6.45, 7) is 2.11. The van der Waals surface area contributed by atoms with Crippen LogP contribution in [0.4, 0.5) is 0 Å². The van der Waals surface area contributed by atoms with Crippen LogP contribution < -0.4 is 0 Å². The predicted octanol–water partition coefficient (Wildman–Crippen LogP) is 2.77. The van der Waals surface area contributed by atoms with Crippen molar-refractivity contribution < 1.29 is 0 Å². The minimum Gasteiger partial charge on any atom is -0.264 e. The Balaban J connectivity index is 2.36. The molecule has 13 heavy (non-hydrogen) atoms. The van der Waals surface area contributed by atoms with Crippen molar-refractivity contribution in [3.63, 3.8) is 0 Å². The molecule has 3 heteroatoms. The van der Waals surface area contributed by atoms with Crippen molar-refractivity contribution in [2.75, 3.05) is 0 Å². The third-order valence-electron chi connectivity index (χ3n) is 1.82. The van der Waals surface area contributed by atoms with Crippen LogP contribution in [0.3, 0.4) is 0 Å². The van der Waals surface area contributed by atoms with Crippen LogP contribution >= 0.6 is 11.3 Å². The normalized spacial score (nSPS) is 10.2. The molecule has 0 radical (unpaired) electrons. The summed E-state index contributed by atoms with van der Waals surface area (Å²) in [4.78, 5) is 8.54. The summed E-state index contributed by atoms with van der Waals surface area (Å²) in [5, 5.41) is 3.16. The van der Waals surface area contributed by atoms with E-state index in [0.29, 0.717) is 0 Å². The standard InChI is InChI=1S/C10H10N2S/c1-2-9-7-13-10(12-9)8-4-3-5-11-6-8/h3-7H,2H2,1H3. The number of hydrogen-bond acceptors (Lipinski definition) is 3. The molecule has 0 bridgehead atoms. The van der Waals surface area contributed by atoms with Crippen molar-refractivity contribution in [1.29, 1.82) is 0 Å². The van der Waals surface area contributed by atoms with Crippen LogP contribution in [0.15, 0.2) is 29.9 Å². The number of pyridine rings is 1. The SMILES string of the molecule is CCc1csc(-c2cccnc2)n1. The van der Waals surface area contributed by atoms with Gasteiger partial charge < -0.3 is 0 Å². The molecule has 0 saturated carbocycles. The number of thiazole rings is 1. The molecule has 2 aromatic rings. The van der Waals surface area contributed by atoms with Crippen molar-refractivity contribution in [1.82, 2.24) is 9.97 Å². The van der Waals surface area contributed by atoms with E-state index in [1.165, 1.54) is 0 Å². The lowest BCUT2D eigenvalue weighted by molar-refractivity contribution is 1.06. The fourth-order valence-electron chi connectivity index (χ4n) is 1.09. The molecule has 2 rings (SSSR count). The molecule has 0 fully saturated rings. The van der Waals surface area contributed by atoms with Gasteiger partial charge in [0.15, 0.2) is 0 Å². The van der Waals surface area contributed by atoms with Crippen LogP contribution in [0.5, 0.6) is 0 Å². The Morgan fingerprint density at radius 3 is 3.00 bits per heavy atom. The molecule has 2 heterocycles. The van der Waals surface area contributed by atoms with E-state index in [1.807, 2.05) is 18.3 Å². The molecule has 0 aliphatic rings. The van der Waals surface area contributed by atoms with Gasteiger partial charge in [-0.1, -0.05) is 6.92 Å². The van der Waals surface area contributed by atoms with E-state index in [9.17, 15) is 0 Å². The summed E-state index contributed by atoms with van der Waals surface area (Å²) in [5.74, 6) is 0. The largest absolute Gasteiger partial charge is 0.264 e. The lowest BCUT2D eigenvalue weighted by atomic mass is 10.3. The maximum absolute atomic E-state index is 4.48. The number of aromatic nitrogens is 2. The Morgan fingerprint density at radius 1 is 1.46 bits per heavy atom. The second-order valence-corrected chi connectivity index (χ2v) is 3.60. The average molecular weight is 190 g/mol. The Kier molecular flexibility index (Phi) is 2.36. The van der Waals surface area contributed by atoms with Crippen LogP contribution in [0.25, 0.3) is 10.6 Å². The predicted molar refractivity (Wildman–Crippen MR) is 54.7 cm³/mol. The topological polar surface area (TPSA) is 25.8 Å². The number of rotatable bonds is 2. The van der Waals surface area contributed by atoms with Crippen LogP contribution in [-0.4, -0.2) is 9.97 Å². The molecule has 0 aliphatic heterocycles. The molecule has 0 N–H and O–H groups in total. The molecule has 0 aromatic carbocycles. The first kappa shape index (κ1) is 8.38. The lowest BCUT2D eigenvalue weighted by Crippen LogP contribution is -1.80. The second kappa shape index (κ2) is 3.66. The highest BCUT2D eigenvalue weighted by Crippen LogP contribution is 2.22. The Morgan fingerprint density at radius 2 is 2.38 bits per heavy atom. The Hall–Kier alpha value is -1.22. The zero-order chi connectivity index (χ0) is 9.10. The first-order valence-corrected chi connectivity index (χ1v) is 5.13. The number of aryl methyl sites for hydroxylation is 1. The molecule has 0 unspecified atom stereocenters. The van der Waals surface area contributed by atoms with E-state index in [4.69, 9.17) is 0 Å². The first-order chi connectivity index (χ1) is 6.40. The highest BCUT2D eigenvalue weighted by atomic mass is 32.1. The molecule has 0 atom stereocenters. The fourth-order valence-corrected chi connectivity index (χ4v) is 1.99. The van der Waals surface area contributed by atoms with Gasteiger partial charge in [0.2, 0.25) is 0 Å². The van der Waals surface area contributed by atoms with Crippen LogP contribution in [-0.2, 0) is 6.42 Å². The van der Waals surface area contributed by atoms with Gasteiger partial charge in [0.1, 0.15) is 5.01 Å². The van der Waals surface area contributed by atoms with Gasteiger partial charge in [-0.05, 0) is 18.6 Å². The maximum Gasteiger partial charge on any atom is 0.125 e. The van der Waals surface area contributed by atoms with E-state index < -0.39 is 0 Å². The Bertz CT molecular complexity index is 381.